The summed E-state index contributed by atoms with van der Waals surface area (Å²) in [6.07, 6.45) is 8.31. The van der Waals surface area contributed by atoms with Crippen LogP contribution >= 0.6 is 11.6 Å². The second-order valence-corrected chi connectivity index (χ2v) is 9.57. The van der Waals surface area contributed by atoms with Crippen LogP contribution < -0.4 is 5.32 Å². The van der Waals surface area contributed by atoms with Crippen LogP contribution in [0.3, 0.4) is 0 Å². The van der Waals surface area contributed by atoms with Crippen LogP contribution in [-0.2, 0) is 19.7 Å². The van der Waals surface area contributed by atoms with Gasteiger partial charge in [-0.2, -0.15) is 0 Å². The minimum Gasteiger partial charge on any atom is -0.382 e. The molecule has 2 aromatic heterocycles. The lowest BCUT2D eigenvalue weighted by molar-refractivity contribution is 0.0228. The summed E-state index contributed by atoms with van der Waals surface area (Å²) in [5.74, 6) is 0.748. The van der Waals surface area contributed by atoms with Gasteiger partial charge in [0.1, 0.15) is 22.9 Å². The van der Waals surface area contributed by atoms with Crippen molar-refractivity contribution in [1.82, 2.24) is 19.1 Å². The highest BCUT2D eigenvalue weighted by atomic mass is 35.5. The number of aromatic nitrogens is 4. The van der Waals surface area contributed by atoms with Gasteiger partial charge in [0, 0.05) is 38.1 Å². The summed E-state index contributed by atoms with van der Waals surface area (Å²) in [7, 11) is 3.70. The van der Waals surface area contributed by atoms with Crippen molar-refractivity contribution in [3.8, 4) is 0 Å². The molecule has 32 heavy (non-hydrogen) atoms. The summed E-state index contributed by atoms with van der Waals surface area (Å²) in [5.41, 5.74) is 0.796. The van der Waals surface area contributed by atoms with E-state index >= 15 is 0 Å². The number of anilines is 1. The Hall–Kier alpha value is -2.71. The lowest BCUT2D eigenvalue weighted by Gasteiger charge is -2.24. The van der Waals surface area contributed by atoms with Gasteiger partial charge >= 0.3 is 0 Å². The molecule has 0 saturated heterocycles. The molecule has 1 amide bonds. The predicted molar refractivity (Wildman–Crippen MR) is 118 cm³/mol. The first-order chi connectivity index (χ1) is 15.2. The normalized spacial score (nSPS) is 27.0. The van der Waals surface area contributed by atoms with Crippen molar-refractivity contribution < 1.29 is 14.3 Å². The summed E-state index contributed by atoms with van der Waals surface area (Å²) >= 11 is 5.84. The molecule has 0 aliphatic heterocycles. The number of halogens is 2. The summed E-state index contributed by atoms with van der Waals surface area (Å²) in [4.78, 5) is 22.0. The highest BCUT2D eigenvalue weighted by Gasteiger charge is 2.52. The van der Waals surface area contributed by atoms with Crippen molar-refractivity contribution in [2.24, 2.45) is 25.9 Å². The number of aliphatic hydroxyl groups is 1. The number of hydrogen-bond donors (Lipinski definition) is 2. The molecule has 7 nitrogen and oxygen atoms in total. The fourth-order valence-corrected chi connectivity index (χ4v) is 5.85. The zero-order valence-electron chi connectivity index (χ0n) is 17.9. The second kappa shape index (κ2) is 7.71. The molecule has 9 heteroatoms. The lowest BCUT2D eigenvalue weighted by atomic mass is 9.91. The molecule has 0 spiro atoms. The van der Waals surface area contributed by atoms with Gasteiger partial charge in [-0.15, -0.1) is 0 Å². The van der Waals surface area contributed by atoms with Gasteiger partial charge in [-0.25, -0.2) is 14.4 Å². The highest BCUT2D eigenvalue weighted by Crippen LogP contribution is 2.56. The van der Waals surface area contributed by atoms with Gasteiger partial charge in [-0.3, -0.25) is 4.79 Å². The van der Waals surface area contributed by atoms with Crippen LogP contribution in [0.15, 0.2) is 36.9 Å². The SMILES string of the molecule is Cn1ccnc1C1(O)CC2CC(c3ncn(C)c3C(=O)Nc3ccc(F)c(Cl)c3)CC2C1. The molecule has 1 aromatic carbocycles. The molecule has 2 atom stereocenters. The highest BCUT2D eigenvalue weighted by molar-refractivity contribution is 6.31. The van der Waals surface area contributed by atoms with Crippen LogP contribution in [0.1, 0.15) is 53.6 Å². The molecule has 2 heterocycles. The van der Waals surface area contributed by atoms with Crippen LogP contribution in [0.2, 0.25) is 5.02 Å². The third-order valence-corrected chi connectivity index (χ3v) is 7.31. The van der Waals surface area contributed by atoms with E-state index in [1.54, 1.807) is 24.1 Å². The number of nitrogens with one attached hydrogen (secondary N) is 1. The van der Waals surface area contributed by atoms with Gasteiger partial charge in [-0.05, 0) is 55.7 Å². The van der Waals surface area contributed by atoms with E-state index in [4.69, 9.17) is 11.6 Å². The number of benzene rings is 1. The molecule has 2 saturated carbocycles. The van der Waals surface area contributed by atoms with E-state index in [-0.39, 0.29) is 16.8 Å². The summed E-state index contributed by atoms with van der Waals surface area (Å²) < 4.78 is 17.0. The molecular formula is C23H25ClFN5O2. The van der Waals surface area contributed by atoms with E-state index in [9.17, 15) is 14.3 Å². The second-order valence-electron chi connectivity index (χ2n) is 9.16. The Labute approximate surface area is 190 Å². The maximum Gasteiger partial charge on any atom is 0.274 e. The van der Waals surface area contributed by atoms with Gasteiger partial charge in [-0.1, -0.05) is 11.6 Å². The lowest BCUT2D eigenvalue weighted by Crippen LogP contribution is -2.27. The number of amides is 1. The zero-order valence-corrected chi connectivity index (χ0v) is 18.7. The van der Waals surface area contributed by atoms with Gasteiger partial charge in [0.2, 0.25) is 0 Å². The summed E-state index contributed by atoms with van der Waals surface area (Å²) in [6, 6.07) is 4.10. The van der Waals surface area contributed by atoms with Crippen LogP contribution in [0.25, 0.3) is 0 Å². The van der Waals surface area contributed by atoms with Gasteiger partial charge in [0.15, 0.2) is 0 Å². The molecule has 0 radical (unpaired) electrons. The van der Waals surface area contributed by atoms with Crippen LogP contribution in [0.5, 0.6) is 0 Å². The summed E-state index contributed by atoms with van der Waals surface area (Å²) in [5, 5.41) is 14.0. The van der Waals surface area contributed by atoms with E-state index < -0.39 is 11.4 Å². The average Bonchev–Trinajstić information content (AvgIpc) is 3.47. The van der Waals surface area contributed by atoms with Crippen molar-refractivity contribution in [1.29, 1.82) is 0 Å². The first-order valence-corrected chi connectivity index (χ1v) is 11.1. The van der Waals surface area contributed by atoms with Crippen molar-refractivity contribution >= 4 is 23.2 Å². The number of hydrogen-bond acceptors (Lipinski definition) is 4. The average molecular weight is 458 g/mol. The standard InChI is InChI=1S/C23H25ClFN5O2/c1-29-6-5-26-22(29)23(32)10-14-7-13(8-15(14)11-23)19-20(30(2)12-27-19)21(31)28-16-3-4-18(25)17(24)9-16/h3-6,9,12-15,32H,7-8,10-11H2,1-2H3,(H,28,31). The molecule has 2 aliphatic rings. The smallest absolute Gasteiger partial charge is 0.274 e. The Morgan fingerprint density at radius 3 is 2.56 bits per heavy atom. The van der Waals surface area contributed by atoms with E-state index in [1.165, 1.54) is 18.2 Å². The predicted octanol–water partition coefficient (Wildman–Crippen LogP) is 3.99. The largest absolute Gasteiger partial charge is 0.382 e. The Balaban J connectivity index is 1.33. The van der Waals surface area contributed by atoms with Gasteiger partial charge < -0.3 is 19.6 Å². The number of rotatable bonds is 4. The number of carbonyl (C=O) groups excluding carboxylic acids is 1. The van der Waals surface area contributed by atoms with Crippen LogP contribution in [0.4, 0.5) is 10.1 Å². The fourth-order valence-electron chi connectivity index (χ4n) is 5.67. The quantitative estimate of drug-likeness (QED) is 0.620. The third-order valence-electron chi connectivity index (χ3n) is 7.02. The van der Waals surface area contributed by atoms with Crippen LogP contribution in [0, 0.1) is 17.7 Å². The maximum atomic E-state index is 13.4. The van der Waals surface area contributed by atoms with E-state index in [1.807, 2.05) is 17.8 Å². The molecule has 2 N–H and O–H groups in total. The van der Waals surface area contributed by atoms with Crippen molar-refractivity contribution in [3.63, 3.8) is 0 Å². The van der Waals surface area contributed by atoms with E-state index in [0.29, 0.717) is 36.1 Å². The minimum absolute atomic E-state index is 0.0446. The number of nitrogens with zero attached hydrogens (tertiary/aromatic N) is 4. The van der Waals surface area contributed by atoms with Crippen LogP contribution in [-0.4, -0.2) is 30.1 Å². The fraction of sp³-hybridized carbons (Fsp3) is 0.435. The molecule has 168 valence electrons. The Morgan fingerprint density at radius 1 is 1.22 bits per heavy atom. The topological polar surface area (TPSA) is 85.0 Å². The first kappa shape index (κ1) is 21.2. The number of aryl methyl sites for hydroxylation is 2. The monoisotopic (exact) mass is 457 g/mol. The van der Waals surface area contributed by atoms with E-state index in [2.05, 4.69) is 15.3 Å². The van der Waals surface area contributed by atoms with Gasteiger partial charge in [0.25, 0.3) is 5.91 Å². The van der Waals surface area contributed by atoms with Crippen molar-refractivity contribution in [2.75, 3.05) is 5.32 Å². The van der Waals surface area contributed by atoms with Crippen molar-refractivity contribution in [2.45, 2.75) is 37.2 Å². The molecule has 5 rings (SSSR count). The molecule has 2 aliphatic carbocycles. The molecular weight excluding hydrogens is 433 g/mol. The minimum atomic E-state index is -0.898. The maximum absolute atomic E-state index is 13.4. The number of imidazole rings is 2. The van der Waals surface area contributed by atoms with Crippen molar-refractivity contribution in [3.05, 3.63) is 65.0 Å². The molecule has 2 unspecified atom stereocenters. The van der Waals surface area contributed by atoms with E-state index in [0.717, 1.165) is 24.4 Å². The Morgan fingerprint density at radius 2 is 1.94 bits per heavy atom. The first-order valence-electron chi connectivity index (χ1n) is 10.7. The molecule has 3 aromatic rings. The number of carbonyl (C=O) groups is 1. The Kier molecular flexibility index (Phi) is 5.09. The Bertz CT molecular complexity index is 1180. The molecule has 0 bridgehead atoms. The zero-order chi connectivity index (χ0) is 22.6. The third kappa shape index (κ3) is 3.51. The molecule has 2 fully saturated rings. The number of fused-ring (bicyclic) bond motifs is 1. The van der Waals surface area contributed by atoms with Gasteiger partial charge in [0.05, 0.1) is 17.0 Å². The summed E-state index contributed by atoms with van der Waals surface area (Å²) in [6.45, 7) is 0.